The zero-order valence-corrected chi connectivity index (χ0v) is 18.1. The van der Waals surface area contributed by atoms with Gasteiger partial charge in [0, 0.05) is 31.3 Å². The second kappa shape index (κ2) is 9.64. The van der Waals surface area contributed by atoms with Gasteiger partial charge < -0.3 is 19.4 Å². The van der Waals surface area contributed by atoms with Crippen LogP contribution in [0.5, 0.6) is 5.75 Å². The Labute approximate surface area is 188 Å². The largest absolute Gasteiger partial charge is 0.497 e. The van der Waals surface area contributed by atoms with E-state index in [0.717, 1.165) is 12.1 Å². The number of halogens is 3. The monoisotopic (exact) mass is 458 g/mol. The van der Waals surface area contributed by atoms with E-state index in [2.05, 4.69) is 5.32 Å². The summed E-state index contributed by atoms with van der Waals surface area (Å²) in [5.74, 6) is -0.0739. The fourth-order valence-electron chi connectivity index (χ4n) is 2.91. The third-order valence-electron chi connectivity index (χ3n) is 4.62. The van der Waals surface area contributed by atoms with Gasteiger partial charge in [-0.15, -0.1) is 0 Å². The summed E-state index contributed by atoms with van der Waals surface area (Å²) in [4.78, 5) is 26.5. The Morgan fingerprint density at radius 2 is 1.73 bits per heavy atom. The Balaban J connectivity index is 1.89. The normalized spacial score (nSPS) is 11.8. The van der Waals surface area contributed by atoms with Crippen LogP contribution in [0.2, 0.25) is 0 Å². The van der Waals surface area contributed by atoms with E-state index in [4.69, 9.17) is 9.15 Å². The van der Waals surface area contributed by atoms with E-state index in [0.29, 0.717) is 11.3 Å². The SMILES string of the molecule is COc1ccc(C(=O)N/C(=C\c2ccc(-c3cccc(C(F)(F)F)c3)o2)C(=O)N(C)C)cc1. The molecule has 1 N–H and O–H groups in total. The molecule has 0 saturated heterocycles. The summed E-state index contributed by atoms with van der Waals surface area (Å²) in [7, 11) is 4.54. The first-order valence-electron chi connectivity index (χ1n) is 9.74. The molecule has 6 nitrogen and oxygen atoms in total. The van der Waals surface area contributed by atoms with Gasteiger partial charge in [-0.1, -0.05) is 12.1 Å². The number of nitrogens with one attached hydrogen (secondary N) is 1. The highest BCUT2D eigenvalue weighted by molar-refractivity contribution is 6.05. The van der Waals surface area contributed by atoms with E-state index < -0.39 is 23.6 Å². The fourth-order valence-corrected chi connectivity index (χ4v) is 2.91. The van der Waals surface area contributed by atoms with Crippen LogP contribution in [-0.2, 0) is 11.0 Å². The van der Waals surface area contributed by atoms with Crippen LogP contribution in [0.15, 0.2) is 70.8 Å². The second-order valence-electron chi connectivity index (χ2n) is 7.22. The highest BCUT2D eigenvalue weighted by Gasteiger charge is 2.30. The van der Waals surface area contributed by atoms with Crippen LogP contribution in [0.4, 0.5) is 13.2 Å². The molecular formula is C24H21F3N2O4. The van der Waals surface area contributed by atoms with Gasteiger partial charge >= 0.3 is 6.18 Å². The molecule has 0 unspecified atom stereocenters. The smallest absolute Gasteiger partial charge is 0.416 e. The molecule has 0 radical (unpaired) electrons. The number of methoxy groups -OCH3 is 1. The number of furan rings is 1. The third kappa shape index (κ3) is 5.82. The lowest BCUT2D eigenvalue weighted by atomic mass is 10.1. The molecule has 0 atom stereocenters. The number of likely N-dealkylation sites (N-methyl/N-ethyl adjacent to an activating group) is 1. The Hall–Kier alpha value is -4.01. The Morgan fingerprint density at radius 1 is 1.03 bits per heavy atom. The number of carbonyl (C=O) groups is 2. The lowest BCUT2D eigenvalue weighted by Gasteiger charge is -2.14. The standard InChI is InChI=1S/C24H21F3N2O4/c1-29(2)23(31)20(28-22(30)15-7-9-18(32-3)10-8-15)14-19-11-12-21(33-19)16-5-4-6-17(13-16)24(25,26)27/h4-14H,1-3H3,(H,28,30)/b20-14-. The number of carbonyl (C=O) groups excluding carboxylic acids is 2. The van der Waals surface area contributed by atoms with Gasteiger partial charge in [-0.25, -0.2) is 0 Å². The summed E-state index contributed by atoms with van der Waals surface area (Å²) in [6, 6.07) is 14.0. The van der Waals surface area contributed by atoms with Crippen molar-refractivity contribution in [2.75, 3.05) is 21.2 Å². The molecule has 2 amide bonds. The number of hydrogen-bond acceptors (Lipinski definition) is 4. The van der Waals surface area contributed by atoms with E-state index in [-0.39, 0.29) is 22.8 Å². The molecule has 0 aliphatic rings. The summed E-state index contributed by atoms with van der Waals surface area (Å²) >= 11 is 0. The second-order valence-corrected chi connectivity index (χ2v) is 7.22. The first kappa shape index (κ1) is 23.6. The van der Waals surface area contributed by atoms with Gasteiger partial charge in [-0.3, -0.25) is 9.59 Å². The van der Waals surface area contributed by atoms with E-state index in [1.807, 2.05) is 0 Å². The maximum atomic E-state index is 13.0. The van der Waals surface area contributed by atoms with Crippen molar-refractivity contribution >= 4 is 17.9 Å². The molecule has 1 heterocycles. The molecule has 0 spiro atoms. The fraction of sp³-hybridized carbons (Fsp3) is 0.167. The lowest BCUT2D eigenvalue weighted by Crippen LogP contribution is -2.34. The van der Waals surface area contributed by atoms with Crippen molar-refractivity contribution in [2.24, 2.45) is 0 Å². The summed E-state index contributed by atoms with van der Waals surface area (Å²) in [6.45, 7) is 0. The summed E-state index contributed by atoms with van der Waals surface area (Å²) < 4.78 is 49.7. The molecular weight excluding hydrogens is 437 g/mol. The van der Waals surface area contributed by atoms with Gasteiger partial charge in [0.15, 0.2) is 0 Å². The van der Waals surface area contributed by atoms with Crippen LogP contribution < -0.4 is 10.1 Å². The number of ether oxygens (including phenoxy) is 1. The third-order valence-corrected chi connectivity index (χ3v) is 4.62. The van der Waals surface area contributed by atoms with Gasteiger partial charge in [0.2, 0.25) is 0 Å². The van der Waals surface area contributed by atoms with Crippen molar-refractivity contribution in [1.29, 1.82) is 0 Å². The average molecular weight is 458 g/mol. The maximum absolute atomic E-state index is 13.0. The highest BCUT2D eigenvalue weighted by Crippen LogP contribution is 2.32. The first-order valence-corrected chi connectivity index (χ1v) is 9.74. The van der Waals surface area contributed by atoms with Crippen LogP contribution in [0.1, 0.15) is 21.7 Å². The zero-order valence-electron chi connectivity index (χ0n) is 18.1. The minimum Gasteiger partial charge on any atom is -0.497 e. The molecule has 3 aromatic rings. The minimum atomic E-state index is -4.48. The molecule has 0 aliphatic carbocycles. The summed E-state index contributed by atoms with van der Waals surface area (Å²) in [5.41, 5.74) is -0.334. The topological polar surface area (TPSA) is 71.8 Å². The number of rotatable bonds is 6. The molecule has 3 rings (SSSR count). The van der Waals surface area contributed by atoms with Crippen molar-refractivity contribution in [3.05, 3.63) is 83.2 Å². The molecule has 0 bridgehead atoms. The van der Waals surface area contributed by atoms with Gasteiger partial charge in [-0.05, 0) is 48.5 Å². The van der Waals surface area contributed by atoms with E-state index in [9.17, 15) is 22.8 Å². The van der Waals surface area contributed by atoms with E-state index in [1.54, 1.807) is 24.3 Å². The predicted molar refractivity (Wildman–Crippen MR) is 116 cm³/mol. The molecule has 1 aromatic heterocycles. The van der Waals surface area contributed by atoms with Crippen LogP contribution >= 0.6 is 0 Å². The van der Waals surface area contributed by atoms with E-state index >= 15 is 0 Å². The summed E-state index contributed by atoms with van der Waals surface area (Å²) in [5, 5.41) is 2.56. The lowest BCUT2D eigenvalue weighted by molar-refractivity contribution is -0.137. The number of hydrogen-bond donors (Lipinski definition) is 1. The molecule has 0 aliphatic heterocycles. The number of amides is 2. The van der Waals surface area contributed by atoms with Crippen molar-refractivity contribution in [1.82, 2.24) is 10.2 Å². The van der Waals surface area contributed by atoms with Crippen LogP contribution in [-0.4, -0.2) is 37.9 Å². The van der Waals surface area contributed by atoms with Crippen LogP contribution in [0.3, 0.4) is 0 Å². The van der Waals surface area contributed by atoms with Gasteiger partial charge in [0.05, 0.1) is 12.7 Å². The molecule has 33 heavy (non-hydrogen) atoms. The molecule has 172 valence electrons. The quantitative estimate of drug-likeness (QED) is 0.537. The Kier molecular flexibility index (Phi) is 6.91. The van der Waals surface area contributed by atoms with Crippen molar-refractivity contribution in [3.8, 4) is 17.1 Å². The van der Waals surface area contributed by atoms with Crippen LogP contribution in [0.25, 0.3) is 17.4 Å². The minimum absolute atomic E-state index is 0.0641. The van der Waals surface area contributed by atoms with Gasteiger partial charge in [0.25, 0.3) is 11.8 Å². The molecule has 2 aromatic carbocycles. The number of nitrogens with zero attached hydrogens (tertiary/aromatic N) is 1. The number of alkyl halides is 3. The van der Waals surface area contributed by atoms with Gasteiger partial charge in [0.1, 0.15) is 23.0 Å². The van der Waals surface area contributed by atoms with Gasteiger partial charge in [-0.2, -0.15) is 13.2 Å². The maximum Gasteiger partial charge on any atom is 0.416 e. The predicted octanol–water partition coefficient (Wildman–Crippen LogP) is 4.83. The van der Waals surface area contributed by atoms with Crippen molar-refractivity contribution in [2.45, 2.75) is 6.18 Å². The van der Waals surface area contributed by atoms with Crippen LogP contribution in [0, 0.1) is 0 Å². The zero-order chi connectivity index (χ0) is 24.2. The Morgan fingerprint density at radius 3 is 2.33 bits per heavy atom. The molecule has 0 fully saturated rings. The Bertz CT molecular complexity index is 1180. The van der Waals surface area contributed by atoms with Crippen molar-refractivity contribution < 1.29 is 31.9 Å². The van der Waals surface area contributed by atoms with Crippen molar-refractivity contribution in [3.63, 3.8) is 0 Å². The molecule has 0 saturated carbocycles. The molecule has 9 heteroatoms. The first-order chi connectivity index (χ1) is 15.6. The summed E-state index contributed by atoms with van der Waals surface area (Å²) in [6.07, 6.45) is -3.16. The van der Waals surface area contributed by atoms with E-state index in [1.165, 1.54) is 56.4 Å². The average Bonchev–Trinajstić information content (AvgIpc) is 3.26. The number of benzene rings is 2. The highest BCUT2D eigenvalue weighted by atomic mass is 19.4.